The van der Waals surface area contributed by atoms with Gasteiger partial charge in [0.1, 0.15) is 23.3 Å². The van der Waals surface area contributed by atoms with Gasteiger partial charge in [0.25, 0.3) is 29.2 Å². The van der Waals surface area contributed by atoms with Gasteiger partial charge in [0.2, 0.25) is 36.7 Å². The van der Waals surface area contributed by atoms with Gasteiger partial charge in [0.05, 0.1) is 83.7 Å². The van der Waals surface area contributed by atoms with E-state index in [1.807, 2.05) is 146 Å². The van der Waals surface area contributed by atoms with Gasteiger partial charge in [-0.25, -0.2) is 29.1 Å². The first-order chi connectivity index (χ1) is 60.3. The number of cyclic esters (lactones) is 1. The molecule has 0 aliphatic carbocycles. The van der Waals surface area contributed by atoms with E-state index in [0.29, 0.717) is 61.2 Å². The molecular formula is C93H105N15O19. The number of nitrogens with zero attached hydrogens (tertiary/aromatic N) is 15. The largest absolute Gasteiger partial charge is 0.496 e. The number of hydrogen-bond donors (Lipinski definition) is 1. The minimum atomic E-state index is -1.26. The molecule has 2 fully saturated rings. The standard InChI is InChI=1S/C13H12N2O3.C13H17NO3.C13H17NO.C12H12N2O2.C11H15N3O4.2C11H10N2O.C9H12N2O4/c1-7-3-4-9-10(5-7)13(17)15(12(9)16)11-6-8(2)14-18-11;1-8-4-10(7-15)13(11(5-8)16-3)12-6-9(2)14-17-12;1-8-5-9(2)13(10(3)6-8)12-7-11(4)14-15-12;1-8-6-11(16-13-8)14-7-9-4-2-3-5-10(9)12(14)15;1-6-5-7(18-12-6)14-9(16)11(2,3)8(15)13(4)10(14)17;1-8-7-11(14-13-8)9-5-3-4-6-10(9)12-2;1-9-7-11(8-12,14-13-9)10-5-3-2-4-6-10;1-5-4-6(15-10-5)11-7(12)9(2,3)14-8(11)13/h3-5,11H,6H2,1-2H3;4-5,12,15H,6-7H2,1-3H3;5-6,12H,7H2,1-4H3;2-5,11H,6-7H2,1H3;7H,5H2,1-4H3;3-6,11H,7H2,1H3;2-6H,7H2,1H3;6H,4H2,1-3H3/t;;;;;;11-;/m......0./s1. The third-order valence-corrected chi connectivity index (χ3v) is 22.0. The summed E-state index contributed by atoms with van der Waals surface area (Å²) in [6.07, 6.45) is 2.02. The van der Waals surface area contributed by atoms with Gasteiger partial charge in [-0.3, -0.25) is 38.6 Å². The number of carbonyl (C=O) groups is 8. The summed E-state index contributed by atoms with van der Waals surface area (Å²) in [5, 5.41) is 49.3. The molecule has 12 aliphatic heterocycles. The number of aliphatic hydroxyl groups excluding tert-OH is 1. The average Bonchev–Trinajstić information content (AvgIpc) is 1.47. The number of benzene rings is 6. The third-order valence-electron chi connectivity index (χ3n) is 22.0. The molecule has 9 amide bonds. The van der Waals surface area contributed by atoms with Gasteiger partial charge >= 0.3 is 12.1 Å². The minimum Gasteiger partial charge on any atom is -0.496 e. The van der Waals surface area contributed by atoms with Crippen LogP contribution in [0.15, 0.2) is 163 Å². The van der Waals surface area contributed by atoms with Crippen LogP contribution in [0.4, 0.5) is 15.3 Å². The smallest absolute Gasteiger partial charge is 0.420 e. The first-order valence-electron chi connectivity index (χ1n) is 41.3. The number of rotatable bonds is 10. The zero-order chi connectivity index (χ0) is 92.3. The lowest BCUT2D eigenvalue weighted by Gasteiger charge is -2.40. The number of fused-ring (bicyclic) bond motifs is 2. The molecule has 0 spiro atoms. The van der Waals surface area contributed by atoms with Crippen molar-refractivity contribution < 1.29 is 91.6 Å². The number of para-hydroxylation sites is 1. The highest BCUT2D eigenvalue weighted by atomic mass is 16.7. The first kappa shape index (κ1) is 93.7. The van der Waals surface area contributed by atoms with E-state index in [1.54, 1.807) is 57.9 Å². The van der Waals surface area contributed by atoms with E-state index in [1.165, 1.54) is 43.1 Å². The number of hydrogen-bond acceptors (Lipinski definition) is 28. The van der Waals surface area contributed by atoms with Crippen LogP contribution in [0.25, 0.3) is 4.85 Å². The highest BCUT2D eigenvalue weighted by Gasteiger charge is 2.55. The Bertz CT molecular complexity index is 5590. The monoisotopic (exact) mass is 1740 g/mol. The number of aliphatic hydroxyl groups is 1. The maximum Gasteiger partial charge on any atom is 0.420 e. The Morgan fingerprint density at radius 1 is 0.488 bits per heavy atom. The highest BCUT2D eigenvalue weighted by Crippen LogP contribution is 2.41. The molecule has 127 heavy (non-hydrogen) atoms. The summed E-state index contributed by atoms with van der Waals surface area (Å²) in [5.74, 6) is -1.25. The molecule has 18 rings (SSSR count). The average molecular weight is 1740 g/mol. The van der Waals surface area contributed by atoms with Crippen LogP contribution in [0.1, 0.15) is 245 Å². The lowest BCUT2D eigenvalue weighted by molar-refractivity contribution is -0.163. The predicted molar refractivity (Wildman–Crippen MR) is 469 cm³/mol. The summed E-state index contributed by atoms with van der Waals surface area (Å²) < 4.78 is 10.3. The summed E-state index contributed by atoms with van der Waals surface area (Å²) in [7, 11) is 2.98. The molecule has 8 atom stereocenters. The van der Waals surface area contributed by atoms with Crippen LogP contribution in [-0.2, 0) is 76.6 Å². The fourth-order valence-electron chi connectivity index (χ4n) is 15.6. The molecule has 666 valence electrons. The zero-order valence-electron chi connectivity index (χ0n) is 74.7. The summed E-state index contributed by atoms with van der Waals surface area (Å²) >= 11 is 0. The summed E-state index contributed by atoms with van der Waals surface area (Å²) in [6, 6.07) is 39.7. The first-order valence-corrected chi connectivity index (χ1v) is 41.3. The molecule has 6 aromatic carbocycles. The fourth-order valence-corrected chi connectivity index (χ4v) is 15.6. The molecule has 34 nitrogen and oxygen atoms in total. The highest BCUT2D eigenvalue weighted by molar-refractivity contribution is 6.22. The lowest BCUT2D eigenvalue weighted by Crippen LogP contribution is -2.64. The van der Waals surface area contributed by atoms with Gasteiger partial charge in [-0.1, -0.05) is 149 Å². The zero-order valence-corrected chi connectivity index (χ0v) is 74.7. The van der Waals surface area contributed by atoms with Gasteiger partial charge in [-0.15, -0.1) is 0 Å². The van der Waals surface area contributed by atoms with Gasteiger partial charge in [-0.2, -0.15) is 5.26 Å². The Balaban J connectivity index is 0.000000141. The van der Waals surface area contributed by atoms with E-state index in [2.05, 4.69) is 85.1 Å². The van der Waals surface area contributed by atoms with Crippen LogP contribution >= 0.6 is 0 Å². The lowest BCUT2D eigenvalue weighted by atomic mass is 9.87. The summed E-state index contributed by atoms with van der Waals surface area (Å²) in [5.41, 5.74) is 18.0. The van der Waals surface area contributed by atoms with E-state index in [0.717, 1.165) is 129 Å². The number of ether oxygens (including phenoxy) is 2. The molecule has 2 saturated heterocycles. The summed E-state index contributed by atoms with van der Waals surface area (Å²) in [4.78, 5) is 147. The van der Waals surface area contributed by atoms with Crippen LogP contribution in [0.2, 0.25) is 0 Å². The molecule has 0 saturated carbocycles. The Morgan fingerprint density at radius 2 is 0.976 bits per heavy atom. The van der Waals surface area contributed by atoms with E-state index in [9.17, 15) is 43.5 Å². The number of imide groups is 4. The number of methoxy groups -OCH3 is 1. The van der Waals surface area contributed by atoms with Crippen LogP contribution in [0.3, 0.4) is 0 Å². The number of carbonyl (C=O) groups excluding carboxylic acids is 8. The molecule has 34 heteroatoms. The molecule has 6 aromatic rings. The number of barbiturate groups is 1. The Hall–Kier alpha value is -14.0. The van der Waals surface area contributed by atoms with Crippen molar-refractivity contribution in [2.45, 2.75) is 237 Å². The SMILES string of the molecule is CC1=NOC(N2C(=O)N(C)C(=O)C(C)(C)C2=O)C1.CC1=NOC(N2C(=O)OC(C)(C)C2=O)C1.CC1=NOC(N2C(=O)c3ccc(C)cc3C2=O)C1.CC1=NOC(N2Cc3ccccc3C2=O)C1.CC1=NOC(c2c(C)cc(C)cc2C)C1.CC1=NO[C@@](C#N)(c2ccccc2)C1.COc1cc(C)cc(CO)c1C1CC(C)=NO1.[C-]#[N+]c1ccccc1C1CC(C)=NO1. The molecule has 0 aromatic heterocycles. The topological polar surface area (TPSA) is 392 Å². The molecule has 12 heterocycles. The maximum absolute atomic E-state index is 12.2. The number of oxime groups is 8. The van der Waals surface area contributed by atoms with Crippen LogP contribution < -0.4 is 4.74 Å². The van der Waals surface area contributed by atoms with E-state index in [4.69, 9.17) is 60.0 Å². The molecule has 0 radical (unpaired) electrons. The van der Waals surface area contributed by atoms with Gasteiger partial charge in [0.15, 0.2) is 23.5 Å². The molecule has 0 bridgehead atoms. The van der Waals surface area contributed by atoms with E-state index < -0.39 is 59.2 Å². The second kappa shape index (κ2) is 39.9. The number of urea groups is 1. The van der Waals surface area contributed by atoms with Crippen molar-refractivity contribution in [2.75, 3.05) is 14.2 Å². The van der Waals surface area contributed by atoms with Crippen molar-refractivity contribution in [3.05, 3.63) is 211 Å². The molecule has 12 aliphatic rings. The van der Waals surface area contributed by atoms with Crippen molar-refractivity contribution in [1.82, 2.24) is 24.5 Å². The van der Waals surface area contributed by atoms with Crippen LogP contribution in [0.5, 0.6) is 5.75 Å². The predicted octanol–water partition coefficient (Wildman–Crippen LogP) is 16.0. The fraction of sp³-hybridized carbons (Fsp3) is 0.419. The normalized spacial score (nSPS) is 23.1. The van der Waals surface area contributed by atoms with Crippen molar-refractivity contribution in [3.63, 3.8) is 0 Å². The van der Waals surface area contributed by atoms with Crippen molar-refractivity contribution >= 4 is 98.9 Å². The Morgan fingerprint density at radius 3 is 1.46 bits per heavy atom. The third kappa shape index (κ3) is 21.2. The quantitative estimate of drug-likeness (QED) is 0.0756. The number of aryl methyl sites for hydroxylation is 5. The number of nitriles is 1. The van der Waals surface area contributed by atoms with Crippen molar-refractivity contribution in [2.24, 2.45) is 46.7 Å². The molecular weight excluding hydrogens is 1630 g/mol. The van der Waals surface area contributed by atoms with E-state index in [-0.39, 0.29) is 54.8 Å². The van der Waals surface area contributed by atoms with Gasteiger partial charge in [-0.05, 0) is 170 Å². The Labute approximate surface area is 736 Å². The van der Waals surface area contributed by atoms with Crippen LogP contribution in [-0.4, -0.2) is 168 Å². The second-order valence-electron chi connectivity index (χ2n) is 33.4. The minimum absolute atomic E-state index is 0.0215. The number of amides is 9. The second-order valence-corrected chi connectivity index (χ2v) is 33.4. The van der Waals surface area contributed by atoms with Gasteiger partial charge < -0.3 is 53.3 Å². The van der Waals surface area contributed by atoms with Crippen molar-refractivity contribution in [3.8, 4) is 11.8 Å². The molecule has 1 N–H and O–H groups in total. The van der Waals surface area contributed by atoms with Gasteiger partial charge in [0, 0.05) is 86.2 Å². The maximum atomic E-state index is 12.2. The molecule has 7 unspecified atom stereocenters. The Kier molecular flexibility index (Phi) is 29.4. The van der Waals surface area contributed by atoms with Crippen molar-refractivity contribution in [1.29, 1.82) is 5.26 Å². The van der Waals surface area contributed by atoms with E-state index >= 15 is 0 Å². The van der Waals surface area contributed by atoms with Crippen LogP contribution in [0, 0.1) is 57.9 Å². The summed E-state index contributed by atoms with van der Waals surface area (Å²) in [6.45, 7) is 39.0.